The topological polar surface area (TPSA) is 63.2 Å². The number of hydrogen-bond donors (Lipinski definition) is 2. The summed E-state index contributed by atoms with van der Waals surface area (Å²) in [5.74, 6) is 0.774. The van der Waals surface area contributed by atoms with Crippen molar-refractivity contribution in [3.05, 3.63) is 39.9 Å². The van der Waals surface area contributed by atoms with Crippen LogP contribution in [0.2, 0.25) is 0 Å². The first-order valence-electron chi connectivity index (χ1n) is 6.65. The predicted octanol–water partition coefficient (Wildman–Crippen LogP) is 3.53. The van der Waals surface area contributed by atoms with E-state index in [1.54, 1.807) is 0 Å². The molecular weight excluding hydrogens is 286 g/mol. The number of ether oxygens (including phenoxy) is 1. The van der Waals surface area contributed by atoms with Gasteiger partial charge >= 0.3 is 6.03 Å². The van der Waals surface area contributed by atoms with E-state index in [-0.39, 0.29) is 12.8 Å². The highest BCUT2D eigenvalue weighted by atomic mass is 32.1. The molecule has 0 unspecified atom stereocenters. The van der Waals surface area contributed by atoms with Crippen molar-refractivity contribution in [2.24, 2.45) is 0 Å². The van der Waals surface area contributed by atoms with Gasteiger partial charge in [0.2, 0.25) is 0 Å². The van der Waals surface area contributed by atoms with Crippen LogP contribution in [0, 0.1) is 27.7 Å². The van der Waals surface area contributed by atoms with Crippen LogP contribution in [-0.2, 0) is 0 Å². The van der Waals surface area contributed by atoms with E-state index < -0.39 is 0 Å². The highest BCUT2D eigenvalue weighted by molar-refractivity contribution is 7.15. The van der Waals surface area contributed by atoms with Crippen LogP contribution in [-0.4, -0.2) is 17.7 Å². The average Bonchev–Trinajstić information content (AvgIpc) is 2.73. The van der Waals surface area contributed by atoms with Crippen molar-refractivity contribution < 1.29 is 9.53 Å². The fraction of sp³-hybridized carbons (Fsp3) is 0.333. The quantitative estimate of drug-likeness (QED) is 0.849. The van der Waals surface area contributed by atoms with Gasteiger partial charge < -0.3 is 10.1 Å². The van der Waals surface area contributed by atoms with Crippen molar-refractivity contribution in [3.8, 4) is 5.75 Å². The molecule has 1 aromatic heterocycles. The third-order valence-electron chi connectivity index (χ3n) is 3.26. The fourth-order valence-corrected chi connectivity index (χ4v) is 2.54. The Balaban J connectivity index is 1.83. The zero-order valence-electron chi connectivity index (χ0n) is 12.6. The number of aryl methyl sites for hydroxylation is 3. The van der Waals surface area contributed by atoms with Crippen molar-refractivity contribution in [3.63, 3.8) is 0 Å². The van der Waals surface area contributed by atoms with Gasteiger partial charge in [-0.15, -0.1) is 11.3 Å². The number of nitrogens with zero attached hydrogens (tertiary/aromatic N) is 1. The number of urea groups is 1. The van der Waals surface area contributed by atoms with Crippen LogP contribution in [0.3, 0.4) is 0 Å². The molecular formula is C15H19N3O2S. The number of aromatic nitrogens is 1. The summed E-state index contributed by atoms with van der Waals surface area (Å²) in [5.41, 5.74) is 3.17. The van der Waals surface area contributed by atoms with Gasteiger partial charge in [-0.2, -0.15) is 0 Å². The lowest BCUT2D eigenvalue weighted by atomic mass is 10.1. The second-order valence-corrected chi connectivity index (χ2v) is 5.98. The first-order valence-corrected chi connectivity index (χ1v) is 7.47. The van der Waals surface area contributed by atoms with Crippen molar-refractivity contribution in [1.82, 2.24) is 10.3 Å². The molecule has 0 atom stereocenters. The molecule has 112 valence electrons. The Morgan fingerprint density at radius 2 is 2.05 bits per heavy atom. The lowest BCUT2D eigenvalue weighted by Gasteiger charge is -2.11. The van der Waals surface area contributed by atoms with E-state index in [0.717, 1.165) is 27.4 Å². The molecule has 0 saturated heterocycles. The molecule has 0 spiro atoms. The Morgan fingerprint density at radius 1 is 1.29 bits per heavy atom. The van der Waals surface area contributed by atoms with E-state index in [4.69, 9.17) is 4.74 Å². The number of benzene rings is 1. The maximum absolute atomic E-state index is 11.7. The summed E-state index contributed by atoms with van der Waals surface area (Å²) >= 11 is 1.45. The van der Waals surface area contributed by atoms with Gasteiger partial charge in [0, 0.05) is 4.88 Å². The second kappa shape index (κ2) is 6.58. The number of amides is 2. The highest BCUT2D eigenvalue weighted by Gasteiger charge is 2.08. The smallest absolute Gasteiger partial charge is 0.323 e. The van der Waals surface area contributed by atoms with E-state index >= 15 is 0 Å². The molecule has 21 heavy (non-hydrogen) atoms. The SMILES string of the molecule is Cc1cccc(OCNC(=O)Nc2nc(C)c(C)s2)c1C. The second-order valence-electron chi connectivity index (χ2n) is 4.78. The number of rotatable bonds is 4. The minimum Gasteiger partial charge on any atom is -0.473 e. The molecule has 2 rings (SSSR count). The van der Waals surface area contributed by atoms with Gasteiger partial charge in [-0.25, -0.2) is 9.78 Å². The summed E-state index contributed by atoms with van der Waals surface area (Å²) in [7, 11) is 0. The van der Waals surface area contributed by atoms with E-state index in [2.05, 4.69) is 15.6 Å². The van der Waals surface area contributed by atoms with Crippen molar-refractivity contribution in [1.29, 1.82) is 0 Å². The summed E-state index contributed by atoms with van der Waals surface area (Å²) in [6.07, 6.45) is 0. The van der Waals surface area contributed by atoms with E-state index in [9.17, 15) is 4.79 Å². The van der Waals surface area contributed by atoms with Gasteiger partial charge in [0.15, 0.2) is 11.9 Å². The molecule has 0 aliphatic heterocycles. The van der Waals surface area contributed by atoms with Crippen molar-refractivity contribution in [2.75, 3.05) is 12.0 Å². The highest BCUT2D eigenvalue weighted by Crippen LogP contribution is 2.21. The molecule has 0 aliphatic carbocycles. The minimum absolute atomic E-state index is 0.111. The predicted molar refractivity (Wildman–Crippen MR) is 85.2 cm³/mol. The number of thiazole rings is 1. The molecule has 0 radical (unpaired) electrons. The number of nitrogens with one attached hydrogen (secondary N) is 2. The molecule has 2 aromatic rings. The van der Waals surface area contributed by atoms with Gasteiger partial charge in [-0.1, -0.05) is 12.1 Å². The van der Waals surface area contributed by atoms with Crippen LogP contribution in [0.25, 0.3) is 0 Å². The van der Waals surface area contributed by atoms with Gasteiger partial charge in [0.25, 0.3) is 0 Å². The first kappa shape index (κ1) is 15.3. The Hall–Kier alpha value is -2.08. The summed E-state index contributed by atoms with van der Waals surface area (Å²) < 4.78 is 5.57. The number of anilines is 1. The molecule has 1 aromatic carbocycles. The normalized spacial score (nSPS) is 10.3. The molecule has 2 N–H and O–H groups in total. The standard InChI is InChI=1S/C15H19N3O2S/c1-9-6-5-7-13(10(9)2)20-8-16-14(19)18-15-17-11(3)12(4)21-15/h5-7H,8H2,1-4H3,(H2,16,17,18,19). The lowest BCUT2D eigenvalue weighted by Crippen LogP contribution is -2.32. The van der Waals surface area contributed by atoms with Crippen molar-refractivity contribution in [2.45, 2.75) is 27.7 Å². The maximum atomic E-state index is 11.7. The largest absolute Gasteiger partial charge is 0.473 e. The van der Waals surface area contributed by atoms with Crippen LogP contribution >= 0.6 is 11.3 Å². The van der Waals surface area contributed by atoms with Crippen LogP contribution in [0.15, 0.2) is 18.2 Å². The summed E-state index contributed by atoms with van der Waals surface area (Å²) in [6.45, 7) is 8.01. The van der Waals surface area contributed by atoms with Gasteiger partial charge in [0.1, 0.15) is 5.75 Å². The Bertz CT molecular complexity index is 633. The van der Waals surface area contributed by atoms with Crippen LogP contribution in [0.1, 0.15) is 21.7 Å². The summed E-state index contributed by atoms with van der Waals surface area (Å²) in [6, 6.07) is 5.51. The minimum atomic E-state index is -0.325. The Morgan fingerprint density at radius 3 is 2.71 bits per heavy atom. The van der Waals surface area contributed by atoms with Crippen LogP contribution < -0.4 is 15.4 Å². The Kier molecular flexibility index (Phi) is 4.80. The Labute approximate surface area is 128 Å². The molecule has 5 nitrogen and oxygen atoms in total. The molecule has 0 saturated carbocycles. The molecule has 0 aliphatic rings. The summed E-state index contributed by atoms with van der Waals surface area (Å²) in [5, 5.41) is 5.93. The van der Waals surface area contributed by atoms with Gasteiger partial charge in [0.05, 0.1) is 5.69 Å². The molecule has 1 heterocycles. The molecule has 0 bridgehead atoms. The fourth-order valence-electron chi connectivity index (χ4n) is 1.73. The van der Waals surface area contributed by atoms with E-state index in [1.807, 2.05) is 45.9 Å². The van der Waals surface area contributed by atoms with Crippen LogP contribution in [0.5, 0.6) is 5.75 Å². The van der Waals surface area contributed by atoms with Crippen LogP contribution in [0.4, 0.5) is 9.93 Å². The van der Waals surface area contributed by atoms with E-state index in [0.29, 0.717) is 5.13 Å². The van der Waals surface area contributed by atoms with E-state index in [1.165, 1.54) is 11.3 Å². The number of carbonyl (C=O) groups excluding carboxylic acids is 1. The molecule has 0 fully saturated rings. The monoisotopic (exact) mass is 305 g/mol. The number of carbonyl (C=O) groups is 1. The first-order chi connectivity index (χ1) is 9.97. The summed E-state index contributed by atoms with van der Waals surface area (Å²) in [4.78, 5) is 17.1. The maximum Gasteiger partial charge on any atom is 0.323 e. The van der Waals surface area contributed by atoms with Gasteiger partial charge in [-0.05, 0) is 44.9 Å². The molecule has 2 amide bonds. The molecule has 6 heteroatoms. The number of hydrogen-bond acceptors (Lipinski definition) is 4. The van der Waals surface area contributed by atoms with Crippen molar-refractivity contribution >= 4 is 22.5 Å². The zero-order chi connectivity index (χ0) is 15.4. The lowest BCUT2D eigenvalue weighted by molar-refractivity contribution is 0.234. The third kappa shape index (κ3) is 3.95. The third-order valence-corrected chi connectivity index (χ3v) is 4.25. The average molecular weight is 305 g/mol. The zero-order valence-corrected chi connectivity index (χ0v) is 13.4. The van der Waals surface area contributed by atoms with Gasteiger partial charge in [-0.3, -0.25) is 5.32 Å².